The van der Waals surface area contributed by atoms with Crippen LogP contribution in [0.3, 0.4) is 0 Å². The molecule has 1 aromatic rings. The molecule has 5 nitrogen and oxygen atoms in total. The van der Waals surface area contributed by atoms with E-state index >= 15 is 0 Å². The lowest BCUT2D eigenvalue weighted by Gasteiger charge is -2.33. The molecule has 0 aromatic carbocycles. The van der Waals surface area contributed by atoms with E-state index in [1.807, 2.05) is 4.90 Å². The minimum absolute atomic E-state index is 0.0150. The Morgan fingerprint density at radius 2 is 2.21 bits per heavy atom. The summed E-state index contributed by atoms with van der Waals surface area (Å²) in [6.45, 7) is 4.30. The molecule has 2 heterocycles. The first-order valence-corrected chi connectivity index (χ1v) is 6.62. The summed E-state index contributed by atoms with van der Waals surface area (Å²) < 4.78 is 0. The zero-order chi connectivity index (χ0) is 13.8. The number of carbonyl (C=O) groups excluding carboxylic acids is 2. The molecule has 1 N–H and O–H groups in total. The fourth-order valence-corrected chi connectivity index (χ4v) is 2.38. The smallest absolute Gasteiger partial charge is 0.254 e. The van der Waals surface area contributed by atoms with Gasteiger partial charge in [0.25, 0.3) is 5.91 Å². The van der Waals surface area contributed by atoms with Crippen molar-refractivity contribution >= 4 is 17.6 Å². The molecule has 0 spiro atoms. The molecular formula is C14H19N3O2. The Kier molecular flexibility index (Phi) is 4.14. The van der Waals surface area contributed by atoms with Gasteiger partial charge in [0.2, 0.25) is 5.91 Å². The summed E-state index contributed by atoms with van der Waals surface area (Å²) in [5.74, 6) is 0.243. The molecule has 1 fully saturated rings. The molecule has 5 heteroatoms. The van der Waals surface area contributed by atoms with Gasteiger partial charge in [0.1, 0.15) is 5.82 Å². The Morgan fingerprint density at radius 3 is 2.89 bits per heavy atom. The molecule has 102 valence electrons. The number of carbonyl (C=O) groups is 2. The van der Waals surface area contributed by atoms with Crippen LogP contribution in [0.1, 0.15) is 43.5 Å². The fraction of sp³-hybridized carbons (Fsp3) is 0.500. The summed E-state index contributed by atoms with van der Waals surface area (Å²) in [4.78, 5) is 29.4. The van der Waals surface area contributed by atoms with Crippen molar-refractivity contribution in [3.63, 3.8) is 0 Å². The van der Waals surface area contributed by atoms with Crippen LogP contribution in [0.5, 0.6) is 0 Å². The number of likely N-dealkylation sites (tertiary alicyclic amines) is 1. The van der Waals surface area contributed by atoms with Gasteiger partial charge in [0.05, 0.1) is 0 Å². The fourth-order valence-electron chi connectivity index (χ4n) is 2.38. The van der Waals surface area contributed by atoms with Crippen LogP contribution in [0.2, 0.25) is 0 Å². The van der Waals surface area contributed by atoms with E-state index in [0.29, 0.717) is 11.4 Å². The Hall–Kier alpha value is -1.91. The normalized spacial score (nSPS) is 19.1. The number of rotatable bonds is 2. The average Bonchev–Trinajstić information content (AvgIpc) is 2.38. The molecule has 1 atom stereocenters. The van der Waals surface area contributed by atoms with E-state index in [-0.39, 0.29) is 17.9 Å². The third-order valence-electron chi connectivity index (χ3n) is 3.37. The van der Waals surface area contributed by atoms with Gasteiger partial charge in [-0.3, -0.25) is 9.59 Å². The van der Waals surface area contributed by atoms with Gasteiger partial charge >= 0.3 is 0 Å². The van der Waals surface area contributed by atoms with Crippen molar-refractivity contribution in [1.29, 1.82) is 0 Å². The summed E-state index contributed by atoms with van der Waals surface area (Å²) in [5.41, 5.74) is 0.576. The van der Waals surface area contributed by atoms with E-state index < -0.39 is 0 Å². The standard InChI is InChI=1S/C14H19N3O2/c1-10-5-3-4-8-17(10)14(19)12-6-7-15-13(9-12)16-11(2)18/h6-7,9-10H,3-5,8H2,1-2H3,(H,15,16,18). The zero-order valence-corrected chi connectivity index (χ0v) is 11.3. The lowest BCUT2D eigenvalue weighted by Crippen LogP contribution is -2.42. The van der Waals surface area contributed by atoms with Crippen LogP contribution in [0.4, 0.5) is 5.82 Å². The van der Waals surface area contributed by atoms with Crippen LogP contribution in [0, 0.1) is 0 Å². The van der Waals surface area contributed by atoms with E-state index in [4.69, 9.17) is 0 Å². The lowest BCUT2D eigenvalue weighted by molar-refractivity contribution is -0.114. The monoisotopic (exact) mass is 261 g/mol. The summed E-state index contributed by atoms with van der Waals surface area (Å²) in [6.07, 6.45) is 4.83. The van der Waals surface area contributed by atoms with E-state index in [1.54, 1.807) is 18.3 Å². The highest BCUT2D eigenvalue weighted by molar-refractivity contribution is 5.96. The number of anilines is 1. The lowest BCUT2D eigenvalue weighted by atomic mass is 10.0. The Bertz CT molecular complexity index is 487. The van der Waals surface area contributed by atoms with Crippen molar-refractivity contribution in [2.45, 2.75) is 39.2 Å². The number of nitrogens with one attached hydrogen (secondary N) is 1. The van der Waals surface area contributed by atoms with Gasteiger partial charge < -0.3 is 10.2 Å². The first kappa shape index (κ1) is 13.5. The van der Waals surface area contributed by atoms with Gasteiger partial charge in [-0.25, -0.2) is 4.98 Å². The number of aromatic nitrogens is 1. The summed E-state index contributed by atoms with van der Waals surface area (Å²) in [6, 6.07) is 3.60. The van der Waals surface area contributed by atoms with Crippen LogP contribution >= 0.6 is 0 Å². The molecule has 0 radical (unpaired) electrons. The molecule has 0 aliphatic carbocycles. The molecule has 1 saturated heterocycles. The molecule has 2 amide bonds. The number of nitrogens with zero attached hydrogens (tertiary/aromatic N) is 2. The number of hydrogen-bond acceptors (Lipinski definition) is 3. The van der Waals surface area contributed by atoms with Crippen LogP contribution in [0.25, 0.3) is 0 Å². The van der Waals surface area contributed by atoms with Crippen LogP contribution in [0.15, 0.2) is 18.3 Å². The summed E-state index contributed by atoms with van der Waals surface area (Å²) in [7, 11) is 0. The third kappa shape index (κ3) is 3.30. The van der Waals surface area contributed by atoms with Gasteiger partial charge in [-0.15, -0.1) is 0 Å². The first-order valence-electron chi connectivity index (χ1n) is 6.62. The van der Waals surface area contributed by atoms with Crippen molar-refractivity contribution in [3.8, 4) is 0 Å². The summed E-state index contributed by atoms with van der Waals surface area (Å²) in [5, 5.41) is 2.59. The summed E-state index contributed by atoms with van der Waals surface area (Å²) >= 11 is 0. The van der Waals surface area contributed by atoms with Crippen LogP contribution in [-0.4, -0.2) is 34.3 Å². The van der Waals surface area contributed by atoms with Crippen molar-refractivity contribution in [1.82, 2.24) is 9.88 Å². The number of hydrogen-bond donors (Lipinski definition) is 1. The average molecular weight is 261 g/mol. The molecule has 1 aliphatic rings. The SMILES string of the molecule is CC(=O)Nc1cc(C(=O)N2CCCCC2C)ccn1. The highest BCUT2D eigenvalue weighted by Gasteiger charge is 2.24. The van der Waals surface area contributed by atoms with Crippen molar-refractivity contribution in [3.05, 3.63) is 23.9 Å². The predicted molar refractivity (Wildman–Crippen MR) is 72.9 cm³/mol. The molecule has 2 rings (SSSR count). The highest BCUT2D eigenvalue weighted by atomic mass is 16.2. The van der Waals surface area contributed by atoms with Crippen molar-refractivity contribution < 1.29 is 9.59 Å². The first-order chi connectivity index (χ1) is 9.08. The minimum atomic E-state index is -0.191. The zero-order valence-electron chi connectivity index (χ0n) is 11.3. The quantitative estimate of drug-likeness (QED) is 0.886. The molecule has 0 bridgehead atoms. The van der Waals surface area contributed by atoms with Gasteiger partial charge in [0, 0.05) is 31.3 Å². The maximum Gasteiger partial charge on any atom is 0.254 e. The molecule has 19 heavy (non-hydrogen) atoms. The predicted octanol–water partition coefficient (Wildman–Crippen LogP) is 2.05. The van der Waals surface area contributed by atoms with E-state index in [1.165, 1.54) is 13.3 Å². The molecule has 1 unspecified atom stereocenters. The third-order valence-corrected chi connectivity index (χ3v) is 3.37. The molecule has 1 aliphatic heterocycles. The second kappa shape index (κ2) is 5.82. The molecular weight excluding hydrogens is 242 g/mol. The highest BCUT2D eigenvalue weighted by Crippen LogP contribution is 2.19. The van der Waals surface area contributed by atoms with E-state index in [0.717, 1.165) is 19.4 Å². The maximum atomic E-state index is 12.4. The maximum absolute atomic E-state index is 12.4. The number of pyridine rings is 1. The minimum Gasteiger partial charge on any atom is -0.336 e. The second-order valence-electron chi connectivity index (χ2n) is 4.95. The van der Waals surface area contributed by atoms with Gasteiger partial charge in [0.15, 0.2) is 0 Å². The van der Waals surface area contributed by atoms with Gasteiger partial charge in [-0.1, -0.05) is 0 Å². The van der Waals surface area contributed by atoms with Crippen LogP contribution < -0.4 is 5.32 Å². The van der Waals surface area contributed by atoms with Crippen molar-refractivity contribution in [2.24, 2.45) is 0 Å². The second-order valence-corrected chi connectivity index (χ2v) is 4.95. The Morgan fingerprint density at radius 1 is 1.42 bits per heavy atom. The topological polar surface area (TPSA) is 62.3 Å². The number of piperidine rings is 1. The van der Waals surface area contributed by atoms with Crippen molar-refractivity contribution in [2.75, 3.05) is 11.9 Å². The largest absolute Gasteiger partial charge is 0.336 e. The van der Waals surface area contributed by atoms with Gasteiger partial charge in [-0.2, -0.15) is 0 Å². The number of amides is 2. The molecule has 1 aromatic heterocycles. The van der Waals surface area contributed by atoms with E-state index in [2.05, 4.69) is 17.2 Å². The Balaban J connectivity index is 2.16. The Labute approximate surface area is 113 Å². The van der Waals surface area contributed by atoms with E-state index in [9.17, 15) is 9.59 Å². The molecule has 0 saturated carbocycles. The van der Waals surface area contributed by atoms with Crippen LogP contribution in [-0.2, 0) is 4.79 Å². The van der Waals surface area contributed by atoms with Gasteiger partial charge in [-0.05, 0) is 38.3 Å².